The summed E-state index contributed by atoms with van der Waals surface area (Å²) >= 11 is 1.85. The van der Waals surface area contributed by atoms with Gasteiger partial charge >= 0.3 is 0 Å². The van der Waals surface area contributed by atoms with Crippen molar-refractivity contribution in [3.63, 3.8) is 0 Å². The first-order valence-electron chi connectivity index (χ1n) is 1.15. The van der Waals surface area contributed by atoms with Gasteiger partial charge in [0, 0.05) is 0 Å². The van der Waals surface area contributed by atoms with Gasteiger partial charge in [0.1, 0.15) is 0 Å². The van der Waals surface area contributed by atoms with E-state index in [9.17, 15) is 0 Å². The predicted octanol–water partition coefficient (Wildman–Crippen LogP) is 2.24. The molecule has 0 spiro atoms. The van der Waals surface area contributed by atoms with Crippen molar-refractivity contribution in [3.8, 4) is 0 Å². The van der Waals surface area contributed by atoms with Crippen molar-refractivity contribution in [3.05, 3.63) is 0 Å². The molecule has 0 N–H and O–H groups in total. The van der Waals surface area contributed by atoms with E-state index in [1.165, 1.54) is 7.89 Å². The minimum Gasteiger partial charge on any atom is -0.132 e. The third kappa shape index (κ3) is 4.95. The Bertz CT molecular complexity index is 28.8. The molecule has 0 saturated heterocycles. The summed E-state index contributed by atoms with van der Waals surface area (Å²) in [6, 6.07) is 0. The van der Waals surface area contributed by atoms with Crippen LogP contribution in [0, 0.1) is 0 Å². The van der Waals surface area contributed by atoms with Gasteiger partial charge in [0.15, 0.2) is 0 Å². The van der Waals surface area contributed by atoms with Gasteiger partial charge in [-0.1, -0.05) is 14.2 Å². The average molecular weight is 124 g/mol. The first-order chi connectivity index (χ1) is 2.41. The van der Waals surface area contributed by atoms with Gasteiger partial charge in [-0.3, -0.25) is 0 Å². The van der Waals surface area contributed by atoms with E-state index in [0.29, 0.717) is 0 Å². The Labute approximate surface area is 40.0 Å². The summed E-state index contributed by atoms with van der Waals surface area (Å²) in [7, 11) is 2.25. The molecule has 0 aliphatic rings. The molecule has 0 aromatic rings. The van der Waals surface area contributed by atoms with E-state index < -0.39 is 0 Å². The lowest BCUT2D eigenvalue weighted by molar-refractivity contribution is 2.54. The molecule has 1 atom stereocenters. The summed E-state index contributed by atoms with van der Waals surface area (Å²) in [6.45, 7) is 0. The van der Waals surface area contributed by atoms with E-state index in [1.807, 2.05) is 11.4 Å². The minimum atomic E-state index is 0.975. The molecule has 0 aromatic heterocycles. The highest BCUT2D eigenvalue weighted by Crippen LogP contribution is 2.37. The van der Waals surface area contributed by atoms with Gasteiger partial charge < -0.3 is 0 Å². The summed E-state index contributed by atoms with van der Waals surface area (Å²) in [5.74, 6) is 0. The maximum absolute atomic E-state index is 3.64. The van der Waals surface area contributed by atoms with Crippen molar-refractivity contribution in [2.45, 2.75) is 0 Å². The fourth-order valence-electron chi connectivity index (χ4n) is 0.0645. The molecule has 3 heteroatoms. The molecule has 0 aliphatic carbocycles. The van der Waals surface area contributed by atoms with Crippen LogP contribution in [0.3, 0.4) is 0 Å². The predicted molar refractivity (Wildman–Crippen MR) is 35.9 cm³/mol. The molecule has 1 unspecified atom stereocenters. The van der Waals surface area contributed by atoms with Crippen LogP contribution in [0.4, 0.5) is 0 Å². The molecule has 5 heavy (non-hydrogen) atoms. The lowest BCUT2D eigenvalue weighted by Gasteiger charge is -1.73. The monoisotopic (exact) mass is 124 g/mol. The highest BCUT2D eigenvalue weighted by molar-refractivity contribution is 8.66. The quantitative estimate of drug-likeness (QED) is 0.508. The molecule has 0 saturated carbocycles. The Balaban J connectivity index is 2.40. The molecule has 30 valence electrons. The molecular weight excluding hydrogens is 118 g/mol. The summed E-state index contributed by atoms with van der Waals surface area (Å²) in [6.07, 6.45) is 5.73. The van der Waals surface area contributed by atoms with E-state index >= 15 is 0 Å². The van der Waals surface area contributed by atoms with Crippen molar-refractivity contribution in [1.29, 1.82) is 0 Å². The van der Waals surface area contributed by atoms with Crippen LogP contribution < -0.4 is 0 Å². The zero-order chi connectivity index (χ0) is 4.12. The zero-order valence-corrected chi connectivity index (χ0v) is 5.77. The normalized spacial score (nSPS) is 11.4. The fourth-order valence-corrected chi connectivity index (χ4v) is 1.74. The molecular formula is C2H6P2S. The Hall–Kier alpha value is 0.950. The highest BCUT2D eigenvalue weighted by atomic mass is 32.9. The lowest BCUT2D eigenvalue weighted by Crippen LogP contribution is -1.16. The average Bonchev–Trinajstić information content (AvgIpc) is 1.41. The van der Waals surface area contributed by atoms with Gasteiger partial charge in [-0.05, 0) is 13.7 Å². The van der Waals surface area contributed by atoms with Crippen molar-refractivity contribution in [1.82, 2.24) is 0 Å². The van der Waals surface area contributed by atoms with Crippen LogP contribution in [0.2, 0.25) is 0 Å². The maximum Gasteiger partial charge on any atom is -0.00922 e. The van der Waals surface area contributed by atoms with Crippen LogP contribution in [0.1, 0.15) is 0 Å². The highest BCUT2D eigenvalue weighted by Gasteiger charge is 1.61. The molecule has 0 amide bonds. The molecule has 0 heterocycles. The summed E-state index contributed by atoms with van der Waals surface area (Å²) in [4.78, 5) is 0. The molecule has 0 bridgehead atoms. The topological polar surface area (TPSA) is 0 Å². The molecule has 0 rings (SSSR count). The van der Waals surface area contributed by atoms with Crippen LogP contribution in [0.25, 0.3) is 0 Å². The van der Waals surface area contributed by atoms with Crippen LogP contribution in [0.15, 0.2) is 0 Å². The largest absolute Gasteiger partial charge is 0.132 e. The second-order valence-corrected chi connectivity index (χ2v) is 5.72. The molecule has 0 fully saturated rings. The van der Waals surface area contributed by atoms with Crippen LogP contribution >= 0.6 is 26.7 Å². The van der Waals surface area contributed by atoms with Gasteiger partial charge in [-0.2, -0.15) is 0 Å². The summed E-state index contributed by atoms with van der Waals surface area (Å²) in [5.41, 5.74) is 0. The zero-order valence-electron chi connectivity index (χ0n) is 3.06. The minimum absolute atomic E-state index is 0.975. The molecule has 0 radical (unpaired) electrons. The Morgan fingerprint density at radius 1 is 2.00 bits per heavy atom. The lowest BCUT2D eigenvalue weighted by atomic mass is 12.0. The second-order valence-electron chi connectivity index (χ2n) is 0.454. The maximum atomic E-state index is 3.64. The van der Waals surface area contributed by atoms with Crippen LogP contribution in [0.5, 0.6) is 0 Å². The first-order valence-corrected chi connectivity index (χ1v) is 6.02. The van der Waals surface area contributed by atoms with Crippen LogP contribution in [-0.2, 0) is 0 Å². The van der Waals surface area contributed by atoms with Crippen molar-refractivity contribution < 1.29 is 0 Å². The Morgan fingerprint density at radius 3 is 2.60 bits per heavy atom. The summed E-state index contributed by atoms with van der Waals surface area (Å²) < 4.78 is 0. The molecule has 0 nitrogen and oxygen atoms in total. The Morgan fingerprint density at radius 2 is 2.60 bits per heavy atom. The number of rotatable bonds is 2. The second kappa shape index (κ2) is 4.95. The van der Waals surface area contributed by atoms with Gasteiger partial charge in [0.2, 0.25) is 0 Å². The van der Waals surface area contributed by atoms with E-state index in [0.717, 1.165) is 7.47 Å². The SMILES string of the molecule is C=PPSC. The smallest absolute Gasteiger partial charge is 0.00922 e. The van der Waals surface area contributed by atoms with E-state index in [1.54, 1.807) is 0 Å². The standard InChI is InChI=1S/C2H6P2S/c1-3-4-5-2/h4H,1H2,2H3. The van der Waals surface area contributed by atoms with Gasteiger partial charge in [-0.15, -0.1) is 11.4 Å². The van der Waals surface area contributed by atoms with E-state index in [2.05, 4.69) is 12.6 Å². The van der Waals surface area contributed by atoms with Crippen molar-refractivity contribution in [2.24, 2.45) is 0 Å². The van der Waals surface area contributed by atoms with Gasteiger partial charge in [-0.25, -0.2) is 0 Å². The number of hydrogen-bond acceptors (Lipinski definition) is 1. The van der Waals surface area contributed by atoms with Crippen LogP contribution in [-0.4, -0.2) is 12.6 Å². The van der Waals surface area contributed by atoms with E-state index in [4.69, 9.17) is 0 Å². The van der Waals surface area contributed by atoms with Gasteiger partial charge in [0.25, 0.3) is 0 Å². The first kappa shape index (κ1) is 5.95. The van der Waals surface area contributed by atoms with E-state index in [-0.39, 0.29) is 0 Å². The van der Waals surface area contributed by atoms with Crippen molar-refractivity contribution >= 4 is 33.0 Å². The third-order valence-electron chi connectivity index (χ3n) is 0.156. The third-order valence-corrected chi connectivity index (χ3v) is 4.21. The van der Waals surface area contributed by atoms with Crippen molar-refractivity contribution in [2.75, 3.05) is 6.26 Å². The summed E-state index contributed by atoms with van der Waals surface area (Å²) in [5, 5.41) is 0. The molecule has 0 aliphatic heterocycles. The Kier molecular flexibility index (Phi) is 5.89. The number of hydrogen-bond donors (Lipinski definition) is 0. The van der Waals surface area contributed by atoms with Gasteiger partial charge in [0.05, 0.1) is 0 Å². The fraction of sp³-hybridized carbons (Fsp3) is 0.500. The molecule has 0 aromatic carbocycles.